The highest BCUT2D eigenvalue weighted by atomic mass is 19.1. The first-order chi connectivity index (χ1) is 11.5. The smallest absolute Gasteiger partial charge is 0.254 e. The van der Waals surface area contributed by atoms with E-state index in [9.17, 15) is 9.18 Å². The fourth-order valence-electron chi connectivity index (χ4n) is 3.17. The Morgan fingerprint density at radius 3 is 2.79 bits per heavy atom. The van der Waals surface area contributed by atoms with Crippen molar-refractivity contribution in [1.82, 2.24) is 20.0 Å². The maximum absolute atomic E-state index is 13.3. The molecule has 0 saturated carbocycles. The number of halogens is 1. The lowest BCUT2D eigenvalue weighted by Crippen LogP contribution is -2.35. The van der Waals surface area contributed by atoms with Crippen molar-refractivity contribution in [3.8, 4) is 0 Å². The topological polar surface area (TPSA) is 52.2 Å². The van der Waals surface area contributed by atoms with Crippen LogP contribution in [0.1, 0.15) is 33.7 Å². The minimum absolute atomic E-state index is 0.0907. The van der Waals surface area contributed by atoms with Crippen LogP contribution in [-0.4, -0.2) is 52.1 Å². The molecule has 2 aromatic rings. The Kier molecular flexibility index (Phi) is 4.94. The first-order valence-electron chi connectivity index (χ1n) is 8.32. The predicted octanol–water partition coefficient (Wildman–Crippen LogP) is 2.51. The van der Waals surface area contributed by atoms with Gasteiger partial charge in [0.25, 0.3) is 5.91 Å². The number of nitrogens with one attached hydrogen (secondary N) is 1. The lowest BCUT2D eigenvalue weighted by atomic mass is 10.2. The summed E-state index contributed by atoms with van der Waals surface area (Å²) in [5, 5.41) is 7.26. The van der Waals surface area contributed by atoms with E-state index in [2.05, 4.69) is 15.1 Å². The van der Waals surface area contributed by atoms with Crippen molar-refractivity contribution in [3.63, 3.8) is 0 Å². The van der Waals surface area contributed by atoms with Crippen LogP contribution in [0.15, 0.2) is 24.3 Å². The van der Waals surface area contributed by atoms with Crippen LogP contribution in [0.2, 0.25) is 0 Å². The van der Waals surface area contributed by atoms with Gasteiger partial charge in [0, 0.05) is 49.5 Å². The van der Waals surface area contributed by atoms with Gasteiger partial charge in [-0.1, -0.05) is 6.07 Å². The molecule has 6 heteroatoms. The standard InChI is InChI=1S/C18H23FN4O/c1-13-17(14(2)21-20-13)12-22-7-4-8-23(10-9-22)18(24)15-5-3-6-16(19)11-15/h3,5-6,11H,4,7-10,12H2,1-2H3,(H,20,21). The zero-order valence-electron chi connectivity index (χ0n) is 14.2. The number of rotatable bonds is 3. The van der Waals surface area contributed by atoms with E-state index in [1.807, 2.05) is 18.7 Å². The molecule has 1 aromatic heterocycles. The van der Waals surface area contributed by atoms with Gasteiger partial charge in [0.15, 0.2) is 0 Å². The van der Waals surface area contributed by atoms with E-state index in [0.29, 0.717) is 18.7 Å². The average molecular weight is 330 g/mol. The second kappa shape index (κ2) is 7.13. The normalized spacial score (nSPS) is 16.2. The van der Waals surface area contributed by atoms with E-state index in [1.165, 1.54) is 17.7 Å². The second-order valence-corrected chi connectivity index (χ2v) is 6.34. The average Bonchev–Trinajstić information content (AvgIpc) is 2.78. The third kappa shape index (κ3) is 3.64. The Hall–Kier alpha value is -2.21. The van der Waals surface area contributed by atoms with Gasteiger partial charge in [0.1, 0.15) is 5.82 Å². The van der Waals surface area contributed by atoms with Crippen LogP contribution in [0.4, 0.5) is 4.39 Å². The molecule has 1 amide bonds. The van der Waals surface area contributed by atoms with E-state index in [1.54, 1.807) is 12.1 Å². The van der Waals surface area contributed by atoms with Crippen LogP contribution < -0.4 is 0 Å². The number of benzene rings is 1. The molecule has 0 atom stereocenters. The number of hydrogen-bond acceptors (Lipinski definition) is 3. The van der Waals surface area contributed by atoms with Gasteiger partial charge in [0.05, 0.1) is 5.69 Å². The third-order valence-corrected chi connectivity index (χ3v) is 4.61. The summed E-state index contributed by atoms with van der Waals surface area (Å²) in [6, 6.07) is 5.92. The molecule has 1 saturated heterocycles. The zero-order chi connectivity index (χ0) is 17.1. The molecule has 128 valence electrons. The molecule has 0 unspecified atom stereocenters. The predicted molar refractivity (Wildman–Crippen MR) is 90.3 cm³/mol. The Balaban J connectivity index is 1.64. The van der Waals surface area contributed by atoms with Crippen LogP contribution in [0.3, 0.4) is 0 Å². The fraction of sp³-hybridized carbons (Fsp3) is 0.444. The number of amides is 1. The summed E-state index contributed by atoms with van der Waals surface area (Å²) in [7, 11) is 0. The first-order valence-corrected chi connectivity index (χ1v) is 8.32. The van der Waals surface area contributed by atoms with Gasteiger partial charge in [-0.2, -0.15) is 5.10 Å². The van der Waals surface area contributed by atoms with Crippen LogP contribution in [-0.2, 0) is 6.54 Å². The summed E-state index contributed by atoms with van der Waals surface area (Å²) in [6.45, 7) is 8.00. The molecule has 1 N–H and O–H groups in total. The molecule has 1 aliphatic heterocycles. The molecule has 1 fully saturated rings. The van der Waals surface area contributed by atoms with E-state index in [4.69, 9.17) is 0 Å². The van der Waals surface area contributed by atoms with Gasteiger partial charge in [0.2, 0.25) is 0 Å². The largest absolute Gasteiger partial charge is 0.337 e. The van der Waals surface area contributed by atoms with Crippen molar-refractivity contribution in [2.45, 2.75) is 26.8 Å². The number of carbonyl (C=O) groups excluding carboxylic acids is 1. The number of hydrogen-bond donors (Lipinski definition) is 1. The molecule has 0 spiro atoms. The van der Waals surface area contributed by atoms with E-state index >= 15 is 0 Å². The fourth-order valence-corrected chi connectivity index (χ4v) is 3.17. The number of H-pyrrole nitrogens is 1. The van der Waals surface area contributed by atoms with Gasteiger partial charge in [-0.3, -0.25) is 14.8 Å². The molecule has 0 bridgehead atoms. The molecule has 24 heavy (non-hydrogen) atoms. The van der Waals surface area contributed by atoms with Crippen LogP contribution >= 0.6 is 0 Å². The minimum Gasteiger partial charge on any atom is -0.337 e. The van der Waals surface area contributed by atoms with Gasteiger partial charge in [-0.05, 0) is 38.5 Å². The van der Waals surface area contributed by atoms with Gasteiger partial charge < -0.3 is 4.90 Å². The Labute approximate surface area is 141 Å². The van der Waals surface area contributed by atoms with Crippen molar-refractivity contribution in [1.29, 1.82) is 0 Å². The third-order valence-electron chi connectivity index (χ3n) is 4.61. The molecule has 2 heterocycles. The first kappa shape index (κ1) is 16.6. The van der Waals surface area contributed by atoms with Crippen LogP contribution in [0, 0.1) is 19.7 Å². The van der Waals surface area contributed by atoms with E-state index in [0.717, 1.165) is 37.4 Å². The number of nitrogens with zero attached hydrogens (tertiary/aromatic N) is 3. The molecule has 0 aliphatic carbocycles. The zero-order valence-corrected chi connectivity index (χ0v) is 14.2. The maximum atomic E-state index is 13.3. The molecular formula is C18H23FN4O. The minimum atomic E-state index is -0.372. The Bertz CT molecular complexity index is 708. The molecule has 3 rings (SSSR count). The quantitative estimate of drug-likeness (QED) is 0.941. The lowest BCUT2D eigenvalue weighted by molar-refractivity contribution is 0.0760. The van der Waals surface area contributed by atoms with E-state index in [-0.39, 0.29) is 11.7 Å². The van der Waals surface area contributed by atoms with Gasteiger partial charge >= 0.3 is 0 Å². The summed E-state index contributed by atoms with van der Waals surface area (Å²) >= 11 is 0. The van der Waals surface area contributed by atoms with Gasteiger partial charge in [-0.15, -0.1) is 0 Å². The van der Waals surface area contributed by atoms with Gasteiger partial charge in [-0.25, -0.2) is 4.39 Å². The molecule has 1 aliphatic rings. The molecule has 0 radical (unpaired) electrons. The van der Waals surface area contributed by atoms with Crippen molar-refractivity contribution < 1.29 is 9.18 Å². The van der Waals surface area contributed by atoms with Crippen molar-refractivity contribution >= 4 is 5.91 Å². The van der Waals surface area contributed by atoms with Crippen molar-refractivity contribution in [2.75, 3.05) is 26.2 Å². The second-order valence-electron chi connectivity index (χ2n) is 6.34. The summed E-state index contributed by atoms with van der Waals surface area (Å²) in [5.74, 6) is -0.463. The number of aromatic amines is 1. The molecule has 1 aromatic carbocycles. The monoisotopic (exact) mass is 330 g/mol. The number of aromatic nitrogens is 2. The Morgan fingerprint density at radius 2 is 2.08 bits per heavy atom. The maximum Gasteiger partial charge on any atom is 0.254 e. The SMILES string of the molecule is Cc1n[nH]c(C)c1CN1CCCN(C(=O)c2cccc(F)c2)CC1. The summed E-state index contributed by atoms with van der Waals surface area (Å²) in [4.78, 5) is 16.7. The summed E-state index contributed by atoms with van der Waals surface area (Å²) in [6.07, 6.45) is 0.914. The van der Waals surface area contributed by atoms with Crippen molar-refractivity contribution in [3.05, 3.63) is 52.6 Å². The number of aryl methyl sites for hydroxylation is 2. The summed E-state index contributed by atoms with van der Waals surface area (Å²) in [5.41, 5.74) is 3.79. The van der Waals surface area contributed by atoms with Crippen LogP contribution in [0.25, 0.3) is 0 Å². The lowest BCUT2D eigenvalue weighted by Gasteiger charge is -2.22. The highest BCUT2D eigenvalue weighted by Crippen LogP contribution is 2.16. The molecule has 5 nitrogen and oxygen atoms in total. The van der Waals surface area contributed by atoms with Crippen molar-refractivity contribution in [2.24, 2.45) is 0 Å². The highest BCUT2D eigenvalue weighted by Gasteiger charge is 2.21. The van der Waals surface area contributed by atoms with E-state index < -0.39 is 0 Å². The highest BCUT2D eigenvalue weighted by molar-refractivity contribution is 5.94. The van der Waals surface area contributed by atoms with Crippen LogP contribution in [0.5, 0.6) is 0 Å². The Morgan fingerprint density at radius 1 is 1.25 bits per heavy atom. The number of carbonyl (C=O) groups is 1. The summed E-state index contributed by atoms with van der Waals surface area (Å²) < 4.78 is 13.3. The molecular weight excluding hydrogens is 307 g/mol.